The minimum absolute atomic E-state index is 0.291. The number of rotatable bonds is 9. The van der Waals surface area contributed by atoms with Crippen LogP contribution in [0.25, 0.3) is 0 Å². The molecule has 1 aromatic rings. The molecular formula is C25H37NO2. The van der Waals surface area contributed by atoms with Crippen LogP contribution in [0.5, 0.6) is 0 Å². The van der Waals surface area contributed by atoms with Crippen LogP contribution in [0, 0.1) is 25.7 Å². The van der Waals surface area contributed by atoms with Gasteiger partial charge in [0.05, 0.1) is 0 Å². The van der Waals surface area contributed by atoms with Crippen molar-refractivity contribution in [2.24, 2.45) is 11.8 Å². The second kappa shape index (κ2) is 10.3. The lowest BCUT2D eigenvalue weighted by Crippen LogP contribution is -2.34. The lowest BCUT2D eigenvalue weighted by atomic mass is 9.90. The molecule has 1 aliphatic heterocycles. The standard InChI is InChI=1S/C25H37NO2/c1-19-16-20(2)18-23(17-19)25(28)10-9-21-11-14-26(15-12-21)13-5-8-24(27)22-6-3-4-7-22/h16-18,21-22H,3-15H2,1-2H3. The van der Waals surface area contributed by atoms with E-state index in [1.165, 1.54) is 36.8 Å². The van der Waals surface area contributed by atoms with Gasteiger partial charge in [0.2, 0.25) is 0 Å². The minimum atomic E-state index is 0.291. The van der Waals surface area contributed by atoms with Crippen molar-refractivity contribution in [2.45, 2.75) is 78.1 Å². The summed E-state index contributed by atoms with van der Waals surface area (Å²) >= 11 is 0. The third kappa shape index (κ3) is 6.27. The van der Waals surface area contributed by atoms with Gasteiger partial charge in [-0.2, -0.15) is 0 Å². The molecule has 0 unspecified atom stereocenters. The van der Waals surface area contributed by atoms with Crippen molar-refractivity contribution in [1.82, 2.24) is 4.90 Å². The molecule has 0 spiro atoms. The van der Waals surface area contributed by atoms with Gasteiger partial charge in [-0.15, -0.1) is 0 Å². The molecule has 0 amide bonds. The molecule has 2 fully saturated rings. The number of carbonyl (C=O) groups is 2. The summed E-state index contributed by atoms with van der Waals surface area (Å²) in [6, 6.07) is 6.16. The Morgan fingerprint density at radius 3 is 2.21 bits per heavy atom. The molecule has 1 aromatic carbocycles. The van der Waals surface area contributed by atoms with Crippen molar-refractivity contribution in [3.63, 3.8) is 0 Å². The fourth-order valence-electron chi connectivity index (χ4n) is 5.04. The highest BCUT2D eigenvalue weighted by Crippen LogP contribution is 2.27. The number of Topliss-reactive ketones (excluding diaryl/α,β-unsaturated/α-hetero) is 2. The maximum absolute atomic E-state index is 12.5. The topological polar surface area (TPSA) is 37.4 Å². The SMILES string of the molecule is Cc1cc(C)cc(C(=O)CCC2CCN(CCCC(=O)C3CCCC3)CC2)c1. The number of hydrogen-bond donors (Lipinski definition) is 0. The quantitative estimate of drug-likeness (QED) is 0.527. The Labute approximate surface area is 170 Å². The molecule has 3 nitrogen and oxygen atoms in total. The van der Waals surface area contributed by atoms with Crippen molar-refractivity contribution >= 4 is 11.6 Å². The number of hydrogen-bond acceptors (Lipinski definition) is 3. The van der Waals surface area contributed by atoms with Crippen molar-refractivity contribution in [2.75, 3.05) is 19.6 Å². The maximum Gasteiger partial charge on any atom is 0.162 e. The molecule has 1 saturated heterocycles. The summed E-state index contributed by atoms with van der Waals surface area (Å²) in [5.41, 5.74) is 3.22. The molecule has 2 aliphatic rings. The highest BCUT2D eigenvalue weighted by molar-refractivity contribution is 5.96. The minimum Gasteiger partial charge on any atom is -0.303 e. The van der Waals surface area contributed by atoms with Gasteiger partial charge >= 0.3 is 0 Å². The van der Waals surface area contributed by atoms with E-state index in [0.717, 1.165) is 57.3 Å². The van der Waals surface area contributed by atoms with Gasteiger partial charge in [0.15, 0.2) is 5.78 Å². The fourth-order valence-corrected chi connectivity index (χ4v) is 5.04. The first-order valence-electron chi connectivity index (χ1n) is 11.4. The Morgan fingerprint density at radius 2 is 1.57 bits per heavy atom. The molecule has 28 heavy (non-hydrogen) atoms. The van der Waals surface area contributed by atoms with Gasteiger partial charge in [0.1, 0.15) is 5.78 Å². The predicted octanol–water partition coefficient (Wildman–Crippen LogP) is 5.52. The van der Waals surface area contributed by atoms with Crippen LogP contribution in [0.2, 0.25) is 0 Å². The van der Waals surface area contributed by atoms with Crippen LogP contribution < -0.4 is 0 Å². The van der Waals surface area contributed by atoms with Crippen molar-refractivity contribution < 1.29 is 9.59 Å². The average molecular weight is 384 g/mol. The summed E-state index contributed by atoms with van der Waals surface area (Å²) in [7, 11) is 0. The van der Waals surface area contributed by atoms with E-state index < -0.39 is 0 Å². The molecule has 154 valence electrons. The van der Waals surface area contributed by atoms with E-state index >= 15 is 0 Å². The fraction of sp³-hybridized carbons (Fsp3) is 0.680. The zero-order chi connectivity index (χ0) is 19.9. The van der Waals surface area contributed by atoms with E-state index in [1.54, 1.807) is 0 Å². The molecule has 0 atom stereocenters. The van der Waals surface area contributed by atoms with E-state index in [-0.39, 0.29) is 0 Å². The molecule has 1 aliphatic carbocycles. The van der Waals surface area contributed by atoms with Gasteiger partial charge in [-0.1, -0.05) is 30.0 Å². The van der Waals surface area contributed by atoms with E-state index in [4.69, 9.17) is 0 Å². The van der Waals surface area contributed by atoms with Gasteiger partial charge in [0, 0.05) is 24.3 Å². The lowest BCUT2D eigenvalue weighted by Gasteiger charge is -2.32. The Kier molecular flexibility index (Phi) is 7.84. The molecular weight excluding hydrogens is 346 g/mol. The summed E-state index contributed by atoms with van der Waals surface area (Å²) in [6.07, 6.45) is 10.6. The summed E-state index contributed by atoms with van der Waals surface area (Å²) in [4.78, 5) is 27.2. The van der Waals surface area contributed by atoms with Crippen molar-refractivity contribution in [3.05, 3.63) is 34.9 Å². The van der Waals surface area contributed by atoms with Crippen LogP contribution in [0.4, 0.5) is 0 Å². The summed E-state index contributed by atoms with van der Waals surface area (Å²) in [5.74, 6) is 1.85. The highest BCUT2D eigenvalue weighted by Gasteiger charge is 2.23. The average Bonchev–Trinajstić information content (AvgIpc) is 3.21. The molecule has 1 heterocycles. The van der Waals surface area contributed by atoms with Gasteiger partial charge in [0.25, 0.3) is 0 Å². The predicted molar refractivity (Wildman–Crippen MR) is 115 cm³/mol. The second-order valence-electron chi connectivity index (χ2n) is 9.17. The number of ketones is 2. The summed E-state index contributed by atoms with van der Waals surface area (Å²) < 4.78 is 0. The highest BCUT2D eigenvalue weighted by atomic mass is 16.1. The van der Waals surface area contributed by atoms with Gasteiger partial charge in [-0.25, -0.2) is 0 Å². The zero-order valence-corrected chi connectivity index (χ0v) is 17.8. The smallest absolute Gasteiger partial charge is 0.162 e. The number of piperidine rings is 1. The van der Waals surface area contributed by atoms with E-state index in [9.17, 15) is 9.59 Å². The van der Waals surface area contributed by atoms with Crippen LogP contribution in [0.3, 0.4) is 0 Å². The first-order chi connectivity index (χ1) is 13.5. The number of nitrogens with zero attached hydrogens (tertiary/aromatic N) is 1. The third-order valence-electron chi connectivity index (χ3n) is 6.74. The van der Waals surface area contributed by atoms with Crippen molar-refractivity contribution in [1.29, 1.82) is 0 Å². The third-order valence-corrected chi connectivity index (χ3v) is 6.74. The largest absolute Gasteiger partial charge is 0.303 e. The Hall–Kier alpha value is -1.48. The van der Waals surface area contributed by atoms with Gasteiger partial charge in [-0.3, -0.25) is 9.59 Å². The molecule has 0 radical (unpaired) electrons. The number of likely N-dealkylation sites (tertiary alicyclic amines) is 1. The molecule has 0 N–H and O–H groups in total. The number of aryl methyl sites for hydroxylation is 2. The van der Waals surface area contributed by atoms with Crippen LogP contribution in [-0.2, 0) is 4.79 Å². The Bertz CT molecular complexity index is 647. The second-order valence-corrected chi connectivity index (χ2v) is 9.17. The van der Waals surface area contributed by atoms with Crippen LogP contribution in [-0.4, -0.2) is 36.1 Å². The van der Waals surface area contributed by atoms with Gasteiger partial charge in [-0.05, 0) is 90.1 Å². The number of benzene rings is 1. The van der Waals surface area contributed by atoms with Crippen LogP contribution >= 0.6 is 0 Å². The maximum atomic E-state index is 12.5. The summed E-state index contributed by atoms with van der Waals surface area (Å²) in [5, 5.41) is 0. The van der Waals surface area contributed by atoms with E-state index in [1.807, 2.05) is 12.1 Å². The Balaban J connectivity index is 1.31. The first kappa shape index (κ1) is 21.2. The van der Waals surface area contributed by atoms with Crippen molar-refractivity contribution in [3.8, 4) is 0 Å². The van der Waals surface area contributed by atoms with Gasteiger partial charge < -0.3 is 4.90 Å². The van der Waals surface area contributed by atoms with E-state index in [2.05, 4.69) is 24.8 Å². The normalized spacial score (nSPS) is 19.2. The molecule has 0 bridgehead atoms. The molecule has 3 heteroatoms. The first-order valence-corrected chi connectivity index (χ1v) is 11.4. The monoisotopic (exact) mass is 383 g/mol. The lowest BCUT2D eigenvalue weighted by molar-refractivity contribution is -0.122. The molecule has 3 rings (SSSR count). The van der Waals surface area contributed by atoms with Crippen LogP contribution in [0.15, 0.2) is 18.2 Å². The Morgan fingerprint density at radius 1 is 0.929 bits per heavy atom. The zero-order valence-electron chi connectivity index (χ0n) is 17.8. The molecule has 0 aromatic heterocycles. The number of carbonyl (C=O) groups excluding carboxylic acids is 2. The molecule has 1 saturated carbocycles. The van der Waals surface area contributed by atoms with Crippen LogP contribution in [0.1, 0.15) is 85.7 Å². The summed E-state index contributed by atoms with van der Waals surface area (Å²) in [6.45, 7) is 7.43. The van der Waals surface area contributed by atoms with E-state index in [0.29, 0.717) is 29.8 Å².